The zero-order valence-corrected chi connectivity index (χ0v) is 18.8. The summed E-state index contributed by atoms with van der Waals surface area (Å²) < 4.78 is 40.3. The van der Waals surface area contributed by atoms with Gasteiger partial charge in [-0.3, -0.25) is 9.59 Å². The maximum Gasteiger partial charge on any atom is 0.416 e. The van der Waals surface area contributed by atoms with Gasteiger partial charge in [-0.05, 0) is 41.0 Å². The molecule has 3 aromatic carbocycles. The van der Waals surface area contributed by atoms with Crippen molar-refractivity contribution < 1.29 is 22.8 Å². The van der Waals surface area contributed by atoms with E-state index in [4.69, 9.17) is 0 Å². The zero-order valence-electron chi connectivity index (χ0n) is 18.8. The number of nitrogens with one attached hydrogen (secondary N) is 2. The van der Waals surface area contributed by atoms with Crippen molar-refractivity contribution in [3.63, 3.8) is 0 Å². The molecular weight excluding hydrogens is 455 g/mol. The van der Waals surface area contributed by atoms with Gasteiger partial charge in [0, 0.05) is 25.4 Å². The highest BCUT2D eigenvalue weighted by Gasteiger charge is 2.30. The molecule has 0 aliphatic rings. The van der Waals surface area contributed by atoms with E-state index in [2.05, 4.69) is 10.6 Å². The SMILES string of the molecule is Cn1cc(NC(=O)c2ccccc2-c2ccc(C(F)(F)F)cc2)cc1C(=O)NCc1ccccc1. The van der Waals surface area contributed by atoms with Crippen LogP contribution in [0.15, 0.2) is 91.1 Å². The first-order valence-corrected chi connectivity index (χ1v) is 10.8. The molecule has 0 fully saturated rings. The van der Waals surface area contributed by atoms with Crippen molar-refractivity contribution in [2.75, 3.05) is 5.32 Å². The van der Waals surface area contributed by atoms with Crippen molar-refractivity contribution in [2.24, 2.45) is 7.05 Å². The van der Waals surface area contributed by atoms with Gasteiger partial charge in [-0.25, -0.2) is 0 Å². The van der Waals surface area contributed by atoms with E-state index >= 15 is 0 Å². The van der Waals surface area contributed by atoms with Gasteiger partial charge >= 0.3 is 6.18 Å². The highest BCUT2D eigenvalue weighted by atomic mass is 19.4. The van der Waals surface area contributed by atoms with Crippen LogP contribution in [0.2, 0.25) is 0 Å². The summed E-state index contributed by atoms with van der Waals surface area (Å²) in [5, 5.41) is 5.62. The standard InChI is InChI=1S/C27H22F3N3O2/c1-33-17-21(15-24(33)26(35)31-16-18-7-3-2-4-8-18)32-25(34)23-10-6-5-9-22(23)19-11-13-20(14-12-19)27(28,29)30/h2-15,17H,16H2,1H3,(H,31,35)(H,32,34). The first kappa shape index (κ1) is 23.8. The number of hydrogen-bond donors (Lipinski definition) is 2. The van der Waals surface area contributed by atoms with Crippen LogP contribution in [0.5, 0.6) is 0 Å². The average molecular weight is 477 g/mol. The number of aryl methyl sites for hydroxylation is 1. The summed E-state index contributed by atoms with van der Waals surface area (Å²) in [5.74, 6) is -0.732. The predicted octanol–water partition coefficient (Wildman–Crippen LogP) is 5.89. The quantitative estimate of drug-likeness (QED) is 0.364. The molecule has 0 spiro atoms. The number of amides is 2. The second-order valence-corrected chi connectivity index (χ2v) is 7.97. The lowest BCUT2D eigenvalue weighted by atomic mass is 9.98. The molecule has 1 heterocycles. The second kappa shape index (κ2) is 9.89. The molecule has 0 radical (unpaired) electrons. The largest absolute Gasteiger partial charge is 0.416 e. The monoisotopic (exact) mass is 477 g/mol. The van der Waals surface area contributed by atoms with Crippen molar-refractivity contribution in [1.29, 1.82) is 0 Å². The molecule has 1 aromatic heterocycles. The van der Waals surface area contributed by atoms with E-state index in [9.17, 15) is 22.8 Å². The van der Waals surface area contributed by atoms with Gasteiger partial charge in [-0.15, -0.1) is 0 Å². The minimum absolute atomic E-state index is 0.290. The van der Waals surface area contributed by atoms with Gasteiger partial charge in [-0.1, -0.05) is 60.7 Å². The Bertz CT molecular complexity index is 1340. The Morgan fingerprint density at radius 3 is 2.20 bits per heavy atom. The van der Waals surface area contributed by atoms with Crippen molar-refractivity contribution in [3.8, 4) is 11.1 Å². The molecule has 2 N–H and O–H groups in total. The summed E-state index contributed by atoms with van der Waals surface area (Å²) >= 11 is 0. The van der Waals surface area contributed by atoms with Crippen molar-refractivity contribution in [1.82, 2.24) is 9.88 Å². The molecule has 178 valence electrons. The Hall–Kier alpha value is -4.33. The van der Waals surface area contributed by atoms with Gasteiger partial charge < -0.3 is 15.2 Å². The summed E-state index contributed by atoms with van der Waals surface area (Å²) in [5.41, 5.74) is 2.27. The summed E-state index contributed by atoms with van der Waals surface area (Å²) in [4.78, 5) is 25.7. The number of aromatic nitrogens is 1. The number of alkyl halides is 3. The maximum atomic E-state index is 13.0. The summed E-state index contributed by atoms with van der Waals surface area (Å²) in [6.45, 7) is 0.368. The highest BCUT2D eigenvalue weighted by molar-refractivity contribution is 6.09. The van der Waals surface area contributed by atoms with E-state index in [0.29, 0.717) is 34.6 Å². The number of hydrogen-bond acceptors (Lipinski definition) is 2. The molecule has 0 aliphatic carbocycles. The van der Waals surface area contributed by atoms with Crippen LogP contribution in [0.3, 0.4) is 0 Å². The first-order chi connectivity index (χ1) is 16.7. The fourth-order valence-corrected chi connectivity index (χ4v) is 3.70. The minimum Gasteiger partial charge on any atom is -0.347 e. The third kappa shape index (κ3) is 5.60. The molecule has 35 heavy (non-hydrogen) atoms. The molecule has 0 aliphatic heterocycles. The van der Waals surface area contributed by atoms with Gasteiger partial charge in [0.25, 0.3) is 11.8 Å². The zero-order chi connectivity index (χ0) is 25.0. The summed E-state index contributed by atoms with van der Waals surface area (Å²) in [6.07, 6.45) is -2.82. The molecule has 0 bridgehead atoms. The summed E-state index contributed by atoms with van der Waals surface area (Å²) in [7, 11) is 1.70. The van der Waals surface area contributed by atoms with Crippen molar-refractivity contribution in [3.05, 3.63) is 114 Å². The number of carbonyl (C=O) groups excluding carboxylic acids is 2. The van der Waals surface area contributed by atoms with Crippen molar-refractivity contribution in [2.45, 2.75) is 12.7 Å². The van der Waals surface area contributed by atoms with Gasteiger partial charge in [0.2, 0.25) is 0 Å². The van der Waals surface area contributed by atoms with Gasteiger partial charge in [0.1, 0.15) is 5.69 Å². The predicted molar refractivity (Wildman–Crippen MR) is 128 cm³/mol. The van der Waals surface area contributed by atoms with E-state index < -0.39 is 17.6 Å². The highest BCUT2D eigenvalue weighted by Crippen LogP contribution is 2.32. The lowest BCUT2D eigenvalue weighted by Gasteiger charge is -2.11. The van der Waals surface area contributed by atoms with Crippen LogP contribution in [0.1, 0.15) is 32.0 Å². The second-order valence-electron chi connectivity index (χ2n) is 7.97. The first-order valence-electron chi connectivity index (χ1n) is 10.8. The van der Waals surface area contributed by atoms with Crippen molar-refractivity contribution >= 4 is 17.5 Å². The number of halogens is 3. The van der Waals surface area contributed by atoms with Crippen LogP contribution in [0.4, 0.5) is 18.9 Å². The van der Waals surface area contributed by atoms with E-state index in [1.165, 1.54) is 12.1 Å². The Labute approximate surface area is 200 Å². The van der Waals surface area contributed by atoms with Crippen LogP contribution < -0.4 is 10.6 Å². The van der Waals surface area contributed by atoms with Crippen LogP contribution >= 0.6 is 0 Å². The number of anilines is 1. The number of nitrogens with zero attached hydrogens (tertiary/aromatic N) is 1. The van der Waals surface area contributed by atoms with Gasteiger partial charge in [0.05, 0.1) is 11.3 Å². The van der Waals surface area contributed by atoms with Crippen LogP contribution in [0, 0.1) is 0 Å². The van der Waals surface area contributed by atoms with Gasteiger partial charge in [0.15, 0.2) is 0 Å². The smallest absolute Gasteiger partial charge is 0.347 e. The number of carbonyl (C=O) groups is 2. The molecule has 0 saturated carbocycles. The Balaban J connectivity index is 1.49. The van der Waals surface area contributed by atoms with Crippen LogP contribution in [0.25, 0.3) is 11.1 Å². The molecule has 5 nitrogen and oxygen atoms in total. The van der Waals surface area contributed by atoms with E-state index in [1.54, 1.807) is 48.1 Å². The third-order valence-electron chi connectivity index (χ3n) is 5.49. The molecule has 0 unspecified atom stereocenters. The van der Waals surface area contributed by atoms with Crippen LogP contribution in [-0.4, -0.2) is 16.4 Å². The van der Waals surface area contributed by atoms with E-state index in [-0.39, 0.29) is 5.91 Å². The molecular formula is C27H22F3N3O2. The van der Waals surface area contributed by atoms with Crippen LogP contribution in [-0.2, 0) is 19.8 Å². The maximum absolute atomic E-state index is 13.0. The van der Waals surface area contributed by atoms with E-state index in [1.807, 2.05) is 30.3 Å². The fourth-order valence-electron chi connectivity index (χ4n) is 3.70. The number of rotatable bonds is 6. The normalized spacial score (nSPS) is 11.2. The average Bonchev–Trinajstić information content (AvgIpc) is 3.22. The molecule has 8 heteroatoms. The Kier molecular flexibility index (Phi) is 6.73. The Morgan fingerprint density at radius 1 is 0.857 bits per heavy atom. The topological polar surface area (TPSA) is 63.1 Å². The minimum atomic E-state index is -4.44. The number of benzene rings is 3. The lowest BCUT2D eigenvalue weighted by molar-refractivity contribution is -0.137. The third-order valence-corrected chi connectivity index (χ3v) is 5.49. The molecule has 4 rings (SSSR count). The van der Waals surface area contributed by atoms with E-state index in [0.717, 1.165) is 17.7 Å². The Morgan fingerprint density at radius 2 is 1.51 bits per heavy atom. The molecule has 2 amide bonds. The molecule has 4 aromatic rings. The fraction of sp³-hybridized carbons (Fsp3) is 0.111. The molecule has 0 saturated heterocycles. The lowest BCUT2D eigenvalue weighted by Crippen LogP contribution is -2.24. The van der Waals surface area contributed by atoms with Gasteiger partial charge in [-0.2, -0.15) is 13.2 Å². The summed E-state index contributed by atoms with van der Waals surface area (Å²) in [6, 6.07) is 22.4. The molecule has 0 atom stereocenters.